The van der Waals surface area contributed by atoms with Crippen molar-refractivity contribution < 1.29 is 9.47 Å². The first-order valence-corrected chi connectivity index (χ1v) is 5.31. The van der Waals surface area contributed by atoms with Crippen LogP contribution in [0.5, 0.6) is 0 Å². The Morgan fingerprint density at radius 2 is 1.07 bits per heavy atom. The molecular formula is C13H24O2. The maximum absolute atomic E-state index is 4.69. The average molecular weight is 212 g/mol. The van der Waals surface area contributed by atoms with E-state index in [1.807, 2.05) is 43.3 Å². The molecule has 1 aromatic carbocycles. The molecule has 0 N–H and O–H groups in total. The number of methoxy groups -OCH3 is 2. The summed E-state index contributed by atoms with van der Waals surface area (Å²) in [5.41, 5.74) is 0. The summed E-state index contributed by atoms with van der Waals surface area (Å²) in [5, 5.41) is 0. The van der Waals surface area contributed by atoms with Gasteiger partial charge >= 0.3 is 0 Å². The van der Waals surface area contributed by atoms with E-state index >= 15 is 0 Å². The fourth-order valence-corrected chi connectivity index (χ4v) is 0.589. The van der Waals surface area contributed by atoms with E-state index in [1.54, 1.807) is 14.2 Å². The molecule has 15 heavy (non-hydrogen) atoms. The second-order valence-corrected chi connectivity index (χ2v) is 2.72. The lowest BCUT2D eigenvalue weighted by Crippen LogP contribution is -1.80. The Labute approximate surface area is 94.2 Å². The summed E-state index contributed by atoms with van der Waals surface area (Å²) in [6.45, 7) is 5.75. The van der Waals surface area contributed by atoms with Crippen LogP contribution in [-0.2, 0) is 9.47 Å². The summed E-state index contributed by atoms with van der Waals surface area (Å²) >= 11 is 0. The fourth-order valence-electron chi connectivity index (χ4n) is 0.589. The summed E-state index contributed by atoms with van der Waals surface area (Å²) < 4.78 is 9.23. The highest BCUT2D eigenvalue weighted by Crippen LogP contribution is 1.79. The third kappa shape index (κ3) is 24.6. The van der Waals surface area contributed by atoms with Crippen LogP contribution in [0.3, 0.4) is 0 Å². The summed E-state index contributed by atoms with van der Waals surface area (Å²) in [7, 11) is 3.39. The van der Waals surface area contributed by atoms with Crippen molar-refractivity contribution in [1.29, 1.82) is 0 Å². The zero-order valence-corrected chi connectivity index (χ0v) is 10.4. The molecule has 0 amide bonds. The Bertz CT molecular complexity index is 133. The van der Waals surface area contributed by atoms with Gasteiger partial charge in [0.1, 0.15) is 0 Å². The minimum atomic E-state index is 0.819. The molecule has 0 saturated carbocycles. The molecule has 2 heteroatoms. The first-order chi connectivity index (χ1) is 7.33. The average Bonchev–Trinajstić information content (AvgIpc) is 2.33. The van der Waals surface area contributed by atoms with Crippen molar-refractivity contribution in [2.45, 2.75) is 20.3 Å². The minimum absolute atomic E-state index is 0.819. The van der Waals surface area contributed by atoms with Gasteiger partial charge in [0.25, 0.3) is 0 Å². The van der Waals surface area contributed by atoms with Crippen LogP contribution in [-0.4, -0.2) is 27.4 Å². The highest BCUT2D eigenvalue weighted by atomic mass is 16.5. The van der Waals surface area contributed by atoms with Gasteiger partial charge in [0.2, 0.25) is 0 Å². The molecule has 88 valence electrons. The summed E-state index contributed by atoms with van der Waals surface area (Å²) in [4.78, 5) is 0. The third-order valence-electron chi connectivity index (χ3n) is 1.36. The van der Waals surface area contributed by atoms with Gasteiger partial charge in [0, 0.05) is 27.4 Å². The third-order valence-corrected chi connectivity index (χ3v) is 1.36. The monoisotopic (exact) mass is 212 g/mol. The Kier molecular flexibility index (Phi) is 20.8. The second-order valence-electron chi connectivity index (χ2n) is 2.72. The SMILES string of the molecule is CCCOC.CCOC.c1ccccc1. The van der Waals surface area contributed by atoms with Crippen molar-refractivity contribution in [3.63, 3.8) is 0 Å². The predicted molar refractivity (Wildman–Crippen MR) is 66.2 cm³/mol. The molecule has 2 nitrogen and oxygen atoms in total. The smallest absolute Gasteiger partial charge is 0.0459 e. The molecule has 0 heterocycles. The van der Waals surface area contributed by atoms with Crippen LogP contribution in [0.4, 0.5) is 0 Å². The first kappa shape index (κ1) is 16.6. The lowest BCUT2D eigenvalue weighted by atomic mass is 10.4. The van der Waals surface area contributed by atoms with Gasteiger partial charge in [0.05, 0.1) is 0 Å². The van der Waals surface area contributed by atoms with Crippen LogP contribution < -0.4 is 0 Å². The van der Waals surface area contributed by atoms with Crippen molar-refractivity contribution in [3.05, 3.63) is 36.4 Å². The highest BCUT2D eigenvalue weighted by Gasteiger charge is 1.66. The zero-order chi connectivity index (χ0) is 11.8. The largest absolute Gasteiger partial charge is 0.385 e. The van der Waals surface area contributed by atoms with Crippen molar-refractivity contribution >= 4 is 0 Å². The van der Waals surface area contributed by atoms with Crippen LogP contribution in [0, 0.1) is 0 Å². The molecule has 0 atom stereocenters. The Hall–Kier alpha value is -0.860. The van der Waals surface area contributed by atoms with Crippen molar-refractivity contribution in [2.75, 3.05) is 27.4 Å². The van der Waals surface area contributed by atoms with Crippen LogP contribution in [0.2, 0.25) is 0 Å². The molecule has 0 unspecified atom stereocenters. The van der Waals surface area contributed by atoms with Crippen LogP contribution in [0.1, 0.15) is 20.3 Å². The molecule has 0 aliphatic carbocycles. The van der Waals surface area contributed by atoms with E-state index in [0.717, 1.165) is 19.6 Å². The van der Waals surface area contributed by atoms with Gasteiger partial charge in [-0.1, -0.05) is 43.3 Å². The van der Waals surface area contributed by atoms with Gasteiger partial charge in [-0.2, -0.15) is 0 Å². The predicted octanol–water partition coefficient (Wildman–Crippen LogP) is 3.38. The zero-order valence-electron chi connectivity index (χ0n) is 10.4. The molecule has 0 fully saturated rings. The van der Waals surface area contributed by atoms with Crippen LogP contribution in [0.25, 0.3) is 0 Å². The van der Waals surface area contributed by atoms with Gasteiger partial charge in [-0.25, -0.2) is 0 Å². The van der Waals surface area contributed by atoms with Gasteiger partial charge in [-0.3, -0.25) is 0 Å². The van der Waals surface area contributed by atoms with Crippen LogP contribution in [0.15, 0.2) is 36.4 Å². The van der Waals surface area contributed by atoms with E-state index in [-0.39, 0.29) is 0 Å². The molecule has 0 bridgehead atoms. The van der Waals surface area contributed by atoms with Crippen molar-refractivity contribution in [2.24, 2.45) is 0 Å². The van der Waals surface area contributed by atoms with Crippen LogP contribution >= 0.6 is 0 Å². The summed E-state index contributed by atoms with van der Waals surface area (Å²) in [5.74, 6) is 0. The molecule has 1 rings (SSSR count). The van der Waals surface area contributed by atoms with E-state index in [9.17, 15) is 0 Å². The van der Waals surface area contributed by atoms with Gasteiger partial charge in [-0.15, -0.1) is 0 Å². The molecule has 0 saturated heterocycles. The normalized spacial score (nSPS) is 8.00. The van der Waals surface area contributed by atoms with Crippen molar-refractivity contribution in [1.82, 2.24) is 0 Å². The highest BCUT2D eigenvalue weighted by molar-refractivity contribution is 4.99. The molecule has 0 spiro atoms. The van der Waals surface area contributed by atoms with E-state index < -0.39 is 0 Å². The Morgan fingerprint density at radius 3 is 1.13 bits per heavy atom. The molecule has 0 aliphatic rings. The number of ether oxygens (including phenoxy) is 2. The maximum Gasteiger partial charge on any atom is 0.0459 e. The molecule has 0 aliphatic heterocycles. The van der Waals surface area contributed by atoms with Gasteiger partial charge < -0.3 is 9.47 Å². The number of benzene rings is 1. The first-order valence-electron chi connectivity index (χ1n) is 5.31. The van der Waals surface area contributed by atoms with E-state index in [2.05, 4.69) is 11.7 Å². The molecule has 0 aromatic heterocycles. The molecule has 0 radical (unpaired) electrons. The second kappa shape index (κ2) is 18.8. The number of hydrogen-bond acceptors (Lipinski definition) is 2. The van der Waals surface area contributed by atoms with Gasteiger partial charge in [-0.05, 0) is 13.3 Å². The summed E-state index contributed by atoms with van der Waals surface area (Å²) in [6.07, 6.45) is 1.12. The Morgan fingerprint density at radius 1 is 0.733 bits per heavy atom. The van der Waals surface area contributed by atoms with Gasteiger partial charge in [0.15, 0.2) is 0 Å². The van der Waals surface area contributed by atoms with E-state index in [0.29, 0.717) is 0 Å². The molecule has 1 aromatic rings. The minimum Gasteiger partial charge on any atom is -0.385 e. The fraction of sp³-hybridized carbons (Fsp3) is 0.538. The quantitative estimate of drug-likeness (QED) is 0.764. The lowest BCUT2D eigenvalue weighted by molar-refractivity contribution is 0.199. The standard InChI is InChI=1S/C6H6.C4H10O.C3H8O/c1-2-4-6-5-3-1;1-3-4-5-2;1-3-4-2/h1-6H;3-4H2,1-2H3;3H2,1-2H3. The Balaban J connectivity index is 0. The molecular weight excluding hydrogens is 188 g/mol. The number of hydrogen-bond donors (Lipinski definition) is 0. The van der Waals surface area contributed by atoms with E-state index in [4.69, 9.17) is 4.74 Å². The maximum atomic E-state index is 4.69. The lowest BCUT2D eigenvalue weighted by Gasteiger charge is -1.84. The topological polar surface area (TPSA) is 18.5 Å². The summed E-state index contributed by atoms with van der Waals surface area (Å²) in [6, 6.07) is 12.0. The van der Waals surface area contributed by atoms with E-state index in [1.165, 1.54) is 0 Å². The van der Waals surface area contributed by atoms with Crippen molar-refractivity contribution in [3.8, 4) is 0 Å². The number of rotatable bonds is 3.